The molecule has 1 aromatic carbocycles. The summed E-state index contributed by atoms with van der Waals surface area (Å²) in [5.41, 5.74) is 4.00. The summed E-state index contributed by atoms with van der Waals surface area (Å²) in [5.74, 6) is 0.639. The lowest BCUT2D eigenvalue weighted by molar-refractivity contribution is -0.00545. The predicted octanol–water partition coefficient (Wildman–Crippen LogP) is 3.57. The summed E-state index contributed by atoms with van der Waals surface area (Å²) in [6, 6.07) is 16.5. The van der Waals surface area contributed by atoms with Gasteiger partial charge in [-0.15, -0.1) is 0 Å². The van der Waals surface area contributed by atoms with Gasteiger partial charge in [0.1, 0.15) is 5.82 Å². The number of hydrogen-bond acceptors (Lipinski definition) is 8. The Labute approximate surface area is 227 Å². The van der Waals surface area contributed by atoms with Crippen LogP contribution < -0.4 is 10.2 Å². The summed E-state index contributed by atoms with van der Waals surface area (Å²) >= 11 is 0. The van der Waals surface area contributed by atoms with E-state index < -0.39 is 9.84 Å². The molecule has 9 nitrogen and oxygen atoms in total. The summed E-state index contributed by atoms with van der Waals surface area (Å²) in [6.45, 7) is 5.90. The maximum atomic E-state index is 12.8. The van der Waals surface area contributed by atoms with Gasteiger partial charge in [-0.1, -0.05) is 12.1 Å². The summed E-state index contributed by atoms with van der Waals surface area (Å²) in [6.07, 6.45) is 2.50. The molecule has 0 spiro atoms. The van der Waals surface area contributed by atoms with Gasteiger partial charge in [-0.3, -0.25) is 9.78 Å². The van der Waals surface area contributed by atoms with E-state index in [2.05, 4.69) is 29.0 Å². The van der Waals surface area contributed by atoms with Crippen LogP contribution in [0.2, 0.25) is 0 Å². The number of hydrogen-bond donors (Lipinski definition) is 1. The van der Waals surface area contributed by atoms with E-state index in [-0.39, 0.29) is 35.3 Å². The van der Waals surface area contributed by atoms with Gasteiger partial charge in [0, 0.05) is 30.2 Å². The van der Waals surface area contributed by atoms with Crippen LogP contribution in [0.3, 0.4) is 0 Å². The summed E-state index contributed by atoms with van der Waals surface area (Å²) in [5, 5.41) is 3.72. The summed E-state index contributed by atoms with van der Waals surface area (Å²) in [4.78, 5) is 29.4. The highest BCUT2D eigenvalue weighted by Gasteiger charge is 2.27. The molecule has 6 rings (SSSR count). The highest BCUT2D eigenvalue weighted by Crippen LogP contribution is 2.27. The van der Waals surface area contributed by atoms with Crippen molar-refractivity contribution in [2.75, 3.05) is 23.7 Å². The predicted molar refractivity (Wildman–Crippen MR) is 148 cm³/mol. The second-order valence-electron chi connectivity index (χ2n) is 10.2. The third-order valence-corrected chi connectivity index (χ3v) is 8.90. The Morgan fingerprint density at radius 3 is 2.64 bits per heavy atom. The molecule has 4 aromatic rings. The van der Waals surface area contributed by atoms with Gasteiger partial charge in [0.05, 0.1) is 52.0 Å². The lowest BCUT2D eigenvalue weighted by Crippen LogP contribution is -2.45. The summed E-state index contributed by atoms with van der Waals surface area (Å²) in [7, 11) is -3.31. The van der Waals surface area contributed by atoms with E-state index >= 15 is 0 Å². The molecular formula is C29H29N5O4S. The monoisotopic (exact) mass is 543 g/mol. The van der Waals surface area contributed by atoms with Crippen molar-refractivity contribution in [3.8, 4) is 11.4 Å². The van der Waals surface area contributed by atoms with Crippen molar-refractivity contribution in [2.24, 2.45) is 0 Å². The van der Waals surface area contributed by atoms with Gasteiger partial charge < -0.3 is 15.0 Å². The summed E-state index contributed by atoms with van der Waals surface area (Å²) < 4.78 is 30.3. The molecule has 0 radical (unpaired) electrons. The molecule has 0 unspecified atom stereocenters. The molecule has 0 saturated carbocycles. The van der Waals surface area contributed by atoms with Gasteiger partial charge in [0.15, 0.2) is 9.84 Å². The van der Waals surface area contributed by atoms with E-state index in [0.29, 0.717) is 17.7 Å². The minimum Gasteiger partial charge on any atom is -0.372 e. The second kappa shape index (κ2) is 10.0. The lowest BCUT2D eigenvalue weighted by Gasteiger charge is -2.36. The van der Waals surface area contributed by atoms with E-state index in [9.17, 15) is 13.2 Å². The number of aromatic nitrogens is 3. The van der Waals surface area contributed by atoms with E-state index in [1.54, 1.807) is 18.3 Å². The van der Waals surface area contributed by atoms with Crippen LogP contribution in [-0.4, -0.2) is 60.3 Å². The molecule has 0 aliphatic carbocycles. The van der Waals surface area contributed by atoms with Crippen LogP contribution in [0.25, 0.3) is 22.3 Å². The Kier molecular flexibility index (Phi) is 6.52. The molecule has 2 aliphatic heterocycles. The zero-order valence-corrected chi connectivity index (χ0v) is 22.6. The highest BCUT2D eigenvalue weighted by atomic mass is 32.2. The van der Waals surface area contributed by atoms with Gasteiger partial charge >= 0.3 is 0 Å². The zero-order valence-electron chi connectivity index (χ0n) is 21.8. The third-order valence-electron chi connectivity index (χ3n) is 7.11. The zero-order chi connectivity index (χ0) is 27.1. The van der Waals surface area contributed by atoms with E-state index in [0.717, 1.165) is 46.8 Å². The van der Waals surface area contributed by atoms with Crippen LogP contribution in [0.15, 0.2) is 65.7 Å². The maximum absolute atomic E-state index is 12.8. The number of amides is 1. The topological polar surface area (TPSA) is 114 Å². The number of carbonyl (C=O) groups excluding carboxylic acids is 1. The van der Waals surface area contributed by atoms with Crippen molar-refractivity contribution in [3.05, 3.63) is 77.6 Å². The molecule has 1 N–H and O–H groups in total. The van der Waals surface area contributed by atoms with E-state index in [4.69, 9.17) is 14.7 Å². The SMILES string of the molecule is C[C@@H]1CN(c2cccc(-c3ccc4cnc(CNC(=O)c5ccc6c(c5)S(=O)(=O)CC6)cc4n3)n2)C[C@H](C)O1. The van der Waals surface area contributed by atoms with Gasteiger partial charge in [-0.2, -0.15) is 0 Å². The third kappa shape index (κ3) is 5.22. The molecular weight excluding hydrogens is 514 g/mol. The molecule has 1 fully saturated rings. The van der Waals surface area contributed by atoms with Gasteiger partial charge in [0.25, 0.3) is 5.91 Å². The van der Waals surface area contributed by atoms with E-state index in [1.165, 1.54) is 6.07 Å². The van der Waals surface area contributed by atoms with E-state index in [1.807, 2.05) is 36.4 Å². The van der Waals surface area contributed by atoms with Crippen molar-refractivity contribution < 1.29 is 17.9 Å². The van der Waals surface area contributed by atoms with Crippen LogP contribution in [0, 0.1) is 0 Å². The number of nitrogens with zero attached hydrogens (tertiary/aromatic N) is 4. The standard InChI is InChI=1S/C29H29N5O4S/c1-18-16-34(17-19(2)38-18)28-5-3-4-24(33-28)25-9-8-22-14-30-23(13-26(22)32-25)15-31-29(35)21-7-6-20-10-11-39(36,37)27(20)12-21/h3-9,12-14,18-19H,10-11,15-17H2,1-2H3,(H,31,35)/t18-,19+. The first-order valence-corrected chi connectivity index (χ1v) is 14.7. The molecule has 0 bridgehead atoms. The number of morpholine rings is 1. The first-order chi connectivity index (χ1) is 18.7. The van der Waals surface area contributed by atoms with Crippen LogP contribution in [0.4, 0.5) is 5.82 Å². The Hall–Kier alpha value is -3.89. The number of ether oxygens (including phenoxy) is 1. The van der Waals surface area contributed by atoms with Crippen molar-refractivity contribution in [1.82, 2.24) is 20.3 Å². The fraction of sp³-hybridized carbons (Fsp3) is 0.310. The number of nitrogens with one attached hydrogen (secondary N) is 1. The molecule has 10 heteroatoms. The number of anilines is 1. The smallest absolute Gasteiger partial charge is 0.251 e. The Balaban J connectivity index is 1.20. The first-order valence-electron chi connectivity index (χ1n) is 13.0. The molecule has 3 aromatic heterocycles. The number of carbonyl (C=O) groups is 1. The minimum absolute atomic E-state index is 0.0921. The number of rotatable bonds is 5. The fourth-order valence-electron chi connectivity index (χ4n) is 5.22. The quantitative estimate of drug-likeness (QED) is 0.406. The second-order valence-corrected chi connectivity index (χ2v) is 12.3. The molecule has 2 atom stereocenters. The number of sulfone groups is 1. The van der Waals surface area contributed by atoms with Gasteiger partial charge in [-0.25, -0.2) is 18.4 Å². The average Bonchev–Trinajstić information content (AvgIpc) is 3.24. The Morgan fingerprint density at radius 2 is 1.82 bits per heavy atom. The largest absolute Gasteiger partial charge is 0.372 e. The first kappa shape index (κ1) is 25.4. The fourth-order valence-corrected chi connectivity index (χ4v) is 6.81. The number of aryl methyl sites for hydroxylation is 1. The number of benzene rings is 1. The number of fused-ring (bicyclic) bond motifs is 2. The van der Waals surface area contributed by atoms with Crippen LogP contribution >= 0.6 is 0 Å². The molecule has 200 valence electrons. The van der Waals surface area contributed by atoms with Crippen LogP contribution in [0.1, 0.15) is 35.5 Å². The maximum Gasteiger partial charge on any atom is 0.251 e. The minimum atomic E-state index is -3.31. The number of pyridine rings is 3. The van der Waals surface area contributed by atoms with Crippen molar-refractivity contribution in [1.29, 1.82) is 0 Å². The van der Waals surface area contributed by atoms with Crippen LogP contribution in [-0.2, 0) is 27.5 Å². The highest BCUT2D eigenvalue weighted by molar-refractivity contribution is 7.91. The lowest BCUT2D eigenvalue weighted by atomic mass is 10.1. The van der Waals surface area contributed by atoms with Gasteiger partial charge in [-0.05, 0) is 68.3 Å². The van der Waals surface area contributed by atoms with Crippen molar-refractivity contribution >= 4 is 32.5 Å². The Morgan fingerprint density at radius 1 is 1.03 bits per heavy atom. The molecule has 2 aliphatic rings. The average molecular weight is 544 g/mol. The molecule has 1 amide bonds. The molecule has 1 saturated heterocycles. The van der Waals surface area contributed by atoms with Crippen molar-refractivity contribution in [3.63, 3.8) is 0 Å². The normalized spacial score (nSPS) is 20.1. The molecule has 39 heavy (non-hydrogen) atoms. The van der Waals surface area contributed by atoms with Crippen molar-refractivity contribution in [2.45, 2.75) is 43.9 Å². The Bertz CT molecular complexity index is 1680. The molecule has 5 heterocycles. The van der Waals surface area contributed by atoms with Gasteiger partial charge in [0.2, 0.25) is 0 Å². The van der Waals surface area contributed by atoms with Crippen LogP contribution in [0.5, 0.6) is 0 Å².